The molecule has 21 heavy (non-hydrogen) atoms. The predicted molar refractivity (Wildman–Crippen MR) is 69.5 cm³/mol. The molecule has 1 aromatic carbocycles. The Morgan fingerprint density at radius 1 is 1.24 bits per heavy atom. The molecule has 0 spiro atoms. The van der Waals surface area contributed by atoms with Crippen LogP contribution in [0.4, 0.5) is 18.9 Å². The molecule has 1 atom stereocenters. The van der Waals surface area contributed by atoms with Crippen LogP contribution < -0.4 is 16.0 Å². The monoisotopic (exact) mass is 301 g/mol. The third-order valence-corrected chi connectivity index (χ3v) is 3.02. The summed E-state index contributed by atoms with van der Waals surface area (Å²) >= 11 is 0. The first kappa shape index (κ1) is 15.3. The second kappa shape index (κ2) is 6.13. The summed E-state index contributed by atoms with van der Waals surface area (Å²) < 4.78 is 37.2. The molecular formula is C13H14F3N3O2. The molecule has 0 aromatic heterocycles. The number of amides is 2. The molecule has 2 amide bonds. The minimum atomic E-state index is -4.41. The van der Waals surface area contributed by atoms with Gasteiger partial charge in [0.05, 0.1) is 18.0 Å². The number of piperazine rings is 1. The van der Waals surface area contributed by atoms with Crippen LogP contribution in [0.5, 0.6) is 0 Å². The van der Waals surface area contributed by atoms with Gasteiger partial charge in [0.1, 0.15) is 0 Å². The van der Waals surface area contributed by atoms with E-state index in [0.717, 1.165) is 12.1 Å². The third-order valence-electron chi connectivity index (χ3n) is 3.02. The largest absolute Gasteiger partial charge is 0.416 e. The van der Waals surface area contributed by atoms with Crippen LogP contribution in [0.2, 0.25) is 0 Å². The Hall–Kier alpha value is -2.09. The van der Waals surface area contributed by atoms with Crippen molar-refractivity contribution in [3.05, 3.63) is 29.8 Å². The summed E-state index contributed by atoms with van der Waals surface area (Å²) in [5, 5.41) is 7.97. The molecule has 1 aliphatic rings. The van der Waals surface area contributed by atoms with Gasteiger partial charge in [0.15, 0.2) is 0 Å². The number of benzene rings is 1. The molecule has 3 N–H and O–H groups in total. The maximum absolute atomic E-state index is 12.4. The highest BCUT2D eigenvalue weighted by molar-refractivity contribution is 5.95. The molecule has 1 heterocycles. The number of carbonyl (C=O) groups is 2. The second-order valence-corrected chi connectivity index (χ2v) is 4.63. The van der Waals surface area contributed by atoms with Crippen molar-refractivity contribution in [2.45, 2.75) is 18.6 Å². The molecule has 0 bridgehead atoms. The molecule has 1 unspecified atom stereocenters. The van der Waals surface area contributed by atoms with Gasteiger partial charge in [0, 0.05) is 18.8 Å². The summed E-state index contributed by atoms with van der Waals surface area (Å²) in [6.45, 7) is 1.08. The highest BCUT2D eigenvalue weighted by atomic mass is 19.4. The van der Waals surface area contributed by atoms with E-state index in [4.69, 9.17) is 0 Å². The van der Waals surface area contributed by atoms with Crippen molar-refractivity contribution < 1.29 is 22.8 Å². The van der Waals surface area contributed by atoms with E-state index in [1.165, 1.54) is 12.1 Å². The summed E-state index contributed by atoms with van der Waals surface area (Å²) in [6, 6.07) is 3.51. The predicted octanol–water partition coefficient (Wildman–Crippen LogP) is 1.12. The summed E-state index contributed by atoms with van der Waals surface area (Å²) in [5.41, 5.74) is -0.530. The normalized spacial score (nSPS) is 19.0. The number of halogens is 3. The Bertz CT molecular complexity index is 528. The first-order chi connectivity index (χ1) is 9.86. The number of rotatable bonds is 3. The first-order valence-electron chi connectivity index (χ1n) is 6.34. The Balaban J connectivity index is 1.92. The number of hydrogen-bond acceptors (Lipinski definition) is 3. The Kier molecular flexibility index (Phi) is 4.46. The van der Waals surface area contributed by atoms with E-state index in [1.54, 1.807) is 0 Å². The fourth-order valence-corrected chi connectivity index (χ4v) is 1.95. The second-order valence-electron chi connectivity index (χ2n) is 4.63. The Morgan fingerprint density at radius 3 is 2.48 bits per heavy atom. The average molecular weight is 301 g/mol. The van der Waals surface area contributed by atoms with Crippen molar-refractivity contribution in [3.8, 4) is 0 Å². The maximum atomic E-state index is 12.4. The number of nitrogens with one attached hydrogen (secondary N) is 3. The zero-order valence-corrected chi connectivity index (χ0v) is 11.0. The van der Waals surface area contributed by atoms with E-state index in [9.17, 15) is 22.8 Å². The fourth-order valence-electron chi connectivity index (χ4n) is 1.95. The van der Waals surface area contributed by atoms with Gasteiger partial charge in [-0.3, -0.25) is 9.59 Å². The van der Waals surface area contributed by atoms with E-state index in [2.05, 4.69) is 16.0 Å². The van der Waals surface area contributed by atoms with E-state index in [-0.39, 0.29) is 18.0 Å². The van der Waals surface area contributed by atoms with Crippen LogP contribution in [-0.4, -0.2) is 30.9 Å². The van der Waals surface area contributed by atoms with Crippen LogP contribution in [-0.2, 0) is 15.8 Å². The average Bonchev–Trinajstić information content (AvgIpc) is 2.41. The van der Waals surface area contributed by atoms with Crippen molar-refractivity contribution >= 4 is 17.5 Å². The number of carbonyl (C=O) groups excluding carboxylic acids is 2. The highest BCUT2D eigenvalue weighted by Crippen LogP contribution is 2.29. The summed E-state index contributed by atoms with van der Waals surface area (Å²) in [7, 11) is 0. The minimum Gasteiger partial charge on any atom is -0.353 e. The van der Waals surface area contributed by atoms with Crippen LogP contribution in [0.1, 0.15) is 12.0 Å². The third kappa shape index (κ3) is 4.19. The lowest BCUT2D eigenvalue weighted by Crippen LogP contribution is -2.53. The van der Waals surface area contributed by atoms with Gasteiger partial charge < -0.3 is 16.0 Å². The molecule has 1 aromatic rings. The number of anilines is 1. The molecule has 0 saturated carbocycles. The van der Waals surface area contributed by atoms with E-state index in [1.807, 2.05) is 0 Å². The molecule has 1 aliphatic heterocycles. The quantitative estimate of drug-likeness (QED) is 0.783. The first-order valence-corrected chi connectivity index (χ1v) is 6.34. The molecule has 0 aliphatic carbocycles. The highest BCUT2D eigenvalue weighted by Gasteiger charge is 2.30. The lowest BCUT2D eigenvalue weighted by Gasteiger charge is -2.22. The van der Waals surface area contributed by atoms with Crippen molar-refractivity contribution in [2.75, 3.05) is 18.4 Å². The maximum Gasteiger partial charge on any atom is 0.416 e. The molecule has 8 heteroatoms. The molecule has 114 valence electrons. The molecule has 1 saturated heterocycles. The summed E-state index contributed by atoms with van der Waals surface area (Å²) in [4.78, 5) is 23.2. The van der Waals surface area contributed by atoms with Gasteiger partial charge in [-0.05, 0) is 24.3 Å². The Labute approximate surface area is 118 Å². The molecule has 1 fully saturated rings. The van der Waals surface area contributed by atoms with Crippen LogP contribution in [0.3, 0.4) is 0 Å². The lowest BCUT2D eigenvalue weighted by molar-refractivity contribution is -0.137. The van der Waals surface area contributed by atoms with E-state index >= 15 is 0 Å². The van der Waals surface area contributed by atoms with Crippen molar-refractivity contribution in [1.29, 1.82) is 0 Å². The van der Waals surface area contributed by atoms with E-state index in [0.29, 0.717) is 13.1 Å². The van der Waals surface area contributed by atoms with E-state index < -0.39 is 23.7 Å². The zero-order chi connectivity index (χ0) is 15.5. The summed E-state index contributed by atoms with van der Waals surface area (Å²) in [6.07, 6.45) is -4.49. The molecule has 5 nitrogen and oxygen atoms in total. The van der Waals surface area contributed by atoms with Crippen LogP contribution >= 0.6 is 0 Å². The Morgan fingerprint density at radius 2 is 1.90 bits per heavy atom. The van der Waals surface area contributed by atoms with Gasteiger partial charge in [0.2, 0.25) is 11.8 Å². The molecular weight excluding hydrogens is 287 g/mol. The van der Waals surface area contributed by atoms with Crippen molar-refractivity contribution in [2.24, 2.45) is 0 Å². The smallest absolute Gasteiger partial charge is 0.353 e. The fraction of sp³-hybridized carbons (Fsp3) is 0.385. The van der Waals surface area contributed by atoms with Crippen molar-refractivity contribution in [1.82, 2.24) is 10.6 Å². The zero-order valence-electron chi connectivity index (χ0n) is 11.0. The standard InChI is InChI=1S/C13H14F3N3O2/c14-13(15,16)8-1-3-9(4-2-8)19-11(20)7-10-12(21)18-6-5-17-10/h1-4,10,17H,5-7H2,(H,18,21)(H,19,20). The molecule has 0 radical (unpaired) electrons. The van der Waals surface area contributed by atoms with Crippen LogP contribution in [0, 0.1) is 0 Å². The van der Waals surface area contributed by atoms with Crippen molar-refractivity contribution in [3.63, 3.8) is 0 Å². The van der Waals surface area contributed by atoms with Gasteiger partial charge >= 0.3 is 6.18 Å². The minimum absolute atomic E-state index is 0.0765. The van der Waals surface area contributed by atoms with Gasteiger partial charge in [-0.2, -0.15) is 13.2 Å². The van der Waals surface area contributed by atoms with Gasteiger partial charge in [0.25, 0.3) is 0 Å². The van der Waals surface area contributed by atoms with Crippen LogP contribution in [0.25, 0.3) is 0 Å². The van der Waals surface area contributed by atoms with Gasteiger partial charge in [-0.1, -0.05) is 0 Å². The number of hydrogen-bond donors (Lipinski definition) is 3. The number of alkyl halides is 3. The lowest BCUT2D eigenvalue weighted by atomic mass is 10.1. The van der Waals surface area contributed by atoms with Gasteiger partial charge in [-0.15, -0.1) is 0 Å². The van der Waals surface area contributed by atoms with Gasteiger partial charge in [-0.25, -0.2) is 0 Å². The SMILES string of the molecule is O=C(CC1NCCNC1=O)Nc1ccc(C(F)(F)F)cc1. The molecule has 2 rings (SSSR count). The topological polar surface area (TPSA) is 70.2 Å². The van der Waals surface area contributed by atoms with Crippen LogP contribution in [0.15, 0.2) is 24.3 Å². The summed E-state index contributed by atoms with van der Waals surface area (Å²) in [5.74, 6) is -0.701.